The summed E-state index contributed by atoms with van der Waals surface area (Å²) in [7, 11) is 0. The highest BCUT2D eigenvalue weighted by Crippen LogP contribution is 2.19. The maximum Gasteiger partial charge on any atom is 0.289 e. The lowest BCUT2D eigenvalue weighted by Gasteiger charge is -2.31. The smallest absolute Gasteiger partial charge is 0.289 e. The topological polar surface area (TPSA) is 62.6 Å². The van der Waals surface area contributed by atoms with Gasteiger partial charge in [-0.25, -0.2) is 0 Å². The lowest BCUT2D eigenvalue weighted by molar-refractivity contribution is -0.126. The first-order valence-electron chi connectivity index (χ1n) is 6.71. The predicted octanol–water partition coefficient (Wildman–Crippen LogP) is 1.66. The monoisotopic (exact) mass is 264 g/mol. The summed E-state index contributed by atoms with van der Waals surface area (Å²) in [5, 5.41) is 2.92. The minimum Gasteiger partial charge on any atom is -0.459 e. The molecule has 0 aliphatic carbocycles. The summed E-state index contributed by atoms with van der Waals surface area (Å²) in [6, 6.07) is 3.53. The Morgan fingerprint density at radius 3 is 2.58 bits per heavy atom. The van der Waals surface area contributed by atoms with Crippen LogP contribution >= 0.6 is 0 Å². The third kappa shape index (κ3) is 3.36. The number of nitrogens with one attached hydrogen (secondary N) is 1. The zero-order chi connectivity index (χ0) is 13.8. The van der Waals surface area contributed by atoms with Crippen molar-refractivity contribution in [2.45, 2.75) is 32.7 Å². The van der Waals surface area contributed by atoms with E-state index in [1.54, 1.807) is 17.0 Å². The first kappa shape index (κ1) is 13.6. The van der Waals surface area contributed by atoms with Crippen LogP contribution in [0.1, 0.15) is 37.2 Å². The minimum atomic E-state index is -0.0901. The van der Waals surface area contributed by atoms with Crippen molar-refractivity contribution in [1.29, 1.82) is 0 Å². The van der Waals surface area contributed by atoms with Crippen molar-refractivity contribution in [3.05, 3.63) is 24.2 Å². The van der Waals surface area contributed by atoms with Crippen molar-refractivity contribution in [1.82, 2.24) is 10.2 Å². The van der Waals surface area contributed by atoms with E-state index >= 15 is 0 Å². The molecule has 5 heteroatoms. The predicted molar refractivity (Wildman–Crippen MR) is 70.6 cm³/mol. The maximum atomic E-state index is 12.0. The van der Waals surface area contributed by atoms with Gasteiger partial charge in [0.2, 0.25) is 5.91 Å². The molecule has 1 aromatic heterocycles. The Morgan fingerprint density at radius 1 is 1.37 bits per heavy atom. The maximum absolute atomic E-state index is 12.0. The highest BCUT2D eigenvalue weighted by Gasteiger charge is 2.28. The Bertz CT molecular complexity index is 432. The molecule has 1 aromatic rings. The second-order valence-electron chi connectivity index (χ2n) is 5.21. The molecule has 1 saturated heterocycles. The zero-order valence-corrected chi connectivity index (χ0v) is 11.4. The number of furan rings is 1. The number of likely N-dealkylation sites (tertiary alicyclic amines) is 1. The third-order valence-corrected chi connectivity index (χ3v) is 3.32. The molecule has 5 nitrogen and oxygen atoms in total. The van der Waals surface area contributed by atoms with Crippen LogP contribution in [0.15, 0.2) is 22.8 Å². The summed E-state index contributed by atoms with van der Waals surface area (Å²) in [5.41, 5.74) is 0. The van der Waals surface area contributed by atoms with Gasteiger partial charge in [-0.3, -0.25) is 9.59 Å². The first-order chi connectivity index (χ1) is 9.08. The Balaban J connectivity index is 1.86. The van der Waals surface area contributed by atoms with Crippen molar-refractivity contribution >= 4 is 11.8 Å². The fourth-order valence-electron chi connectivity index (χ4n) is 2.30. The van der Waals surface area contributed by atoms with Crippen molar-refractivity contribution in [2.75, 3.05) is 13.1 Å². The number of carbonyl (C=O) groups excluding carboxylic acids is 2. The molecule has 0 spiro atoms. The molecular weight excluding hydrogens is 244 g/mol. The summed E-state index contributed by atoms with van der Waals surface area (Å²) < 4.78 is 5.10. The number of piperidine rings is 1. The molecule has 0 saturated carbocycles. The van der Waals surface area contributed by atoms with Crippen LogP contribution in [-0.2, 0) is 4.79 Å². The van der Waals surface area contributed by atoms with Crippen LogP contribution in [-0.4, -0.2) is 35.8 Å². The molecule has 2 heterocycles. The van der Waals surface area contributed by atoms with E-state index in [0.717, 1.165) is 0 Å². The van der Waals surface area contributed by atoms with Gasteiger partial charge >= 0.3 is 0 Å². The van der Waals surface area contributed by atoms with Crippen molar-refractivity contribution in [3.63, 3.8) is 0 Å². The van der Waals surface area contributed by atoms with Gasteiger partial charge in [0.25, 0.3) is 5.91 Å². The van der Waals surface area contributed by atoms with E-state index in [1.165, 1.54) is 6.26 Å². The summed E-state index contributed by atoms with van der Waals surface area (Å²) >= 11 is 0. The number of rotatable bonds is 3. The standard InChI is InChI=1S/C14H20N2O3/c1-10(2)15-13(17)11-5-7-16(8-6-11)14(18)12-4-3-9-19-12/h3-4,9-11H,5-8H2,1-2H3,(H,15,17). The van der Waals surface area contributed by atoms with E-state index in [4.69, 9.17) is 4.42 Å². The Morgan fingerprint density at radius 2 is 2.05 bits per heavy atom. The first-order valence-corrected chi connectivity index (χ1v) is 6.71. The van der Waals surface area contributed by atoms with E-state index in [9.17, 15) is 9.59 Å². The van der Waals surface area contributed by atoms with E-state index in [1.807, 2.05) is 13.8 Å². The molecule has 0 aromatic carbocycles. The lowest BCUT2D eigenvalue weighted by atomic mass is 9.95. The molecule has 1 aliphatic heterocycles. The van der Waals surface area contributed by atoms with Crippen molar-refractivity contribution in [3.8, 4) is 0 Å². The van der Waals surface area contributed by atoms with Crippen LogP contribution in [0.25, 0.3) is 0 Å². The van der Waals surface area contributed by atoms with E-state index < -0.39 is 0 Å². The van der Waals surface area contributed by atoms with Crippen molar-refractivity contribution < 1.29 is 14.0 Å². The van der Waals surface area contributed by atoms with Gasteiger partial charge in [0.15, 0.2) is 5.76 Å². The molecule has 1 aliphatic rings. The Labute approximate surface area is 113 Å². The summed E-state index contributed by atoms with van der Waals surface area (Å²) in [5.74, 6) is 0.390. The van der Waals surface area contributed by atoms with Gasteiger partial charge in [-0.15, -0.1) is 0 Å². The molecule has 104 valence electrons. The summed E-state index contributed by atoms with van der Waals surface area (Å²) in [4.78, 5) is 25.7. The van der Waals surface area contributed by atoms with Gasteiger partial charge < -0.3 is 14.6 Å². The van der Waals surface area contributed by atoms with Gasteiger partial charge in [0.05, 0.1) is 6.26 Å². The third-order valence-electron chi connectivity index (χ3n) is 3.32. The van der Waals surface area contributed by atoms with Gasteiger partial charge in [-0.1, -0.05) is 0 Å². The SMILES string of the molecule is CC(C)NC(=O)C1CCN(C(=O)c2ccco2)CC1. The van der Waals surface area contributed by atoms with Gasteiger partial charge in [-0.2, -0.15) is 0 Å². The second-order valence-corrected chi connectivity index (χ2v) is 5.21. The van der Waals surface area contributed by atoms with Gasteiger partial charge in [-0.05, 0) is 38.8 Å². The number of carbonyl (C=O) groups is 2. The number of hydrogen-bond donors (Lipinski definition) is 1. The van der Waals surface area contributed by atoms with Crippen LogP contribution in [0, 0.1) is 5.92 Å². The van der Waals surface area contributed by atoms with Crippen LogP contribution in [0.2, 0.25) is 0 Å². The van der Waals surface area contributed by atoms with Crippen LogP contribution in [0.4, 0.5) is 0 Å². The molecule has 1 fully saturated rings. The molecule has 2 rings (SSSR count). The molecule has 0 radical (unpaired) electrons. The summed E-state index contributed by atoms with van der Waals surface area (Å²) in [6.45, 7) is 5.12. The lowest BCUT2D eigenvalue weighted by Crippen LogP contribution is -2.44. The average Bonchev–Trinajstić information content (AvgIpc) is 2.91. The molecule has 0 bridgehead atoms. The number of nitrogens with zero attached hydrogens (tertiary/aromatic N) is 1. The van der Waals surface area contributed by atoms with E-state index in [0.29, 0.717) is 31.7 Å². The van der Waals surface area contributed by atoms with Crippen LogP contribution in [0.3, 0.4) is 0 Å². The Hall–Kier alpha value is -1.78. The number of amides is 2. The number of hydrogen-bond acceptors (Lipinski definition) is 3. The highest BCUT2D eigenvalue weighted by molar-refractivity contribution is 5.91. The molecule has 0 atom stereocenters. The van der Waals surface area contributed by atoms with Crippen LogP contribution in [0.5, 0.6) is 0 Å². The minimum absolute atomic E-state index is 0.0167. The molecule has 1 N–H and O–H groups in total. The average molecular weight is 264 g/mol. The van der Waals surface area contributed by atoms with Gasteiger partial charge in [0.1, 0.15) is 0 Å². The summed E-state index contributed by atoms with van der Waals surface area (Å²) in [6.07, 6.45) is 2.92. The second kappa shape index (κ2) is 5.91. The molecular formula is C14H20N2O3. The van der Waals surface area contributed by atoms with E-state index in [2.05, 4.69) is 5.32 Å². The molecule has 2 amide bonds. The zero-order valence-electron chi connectivity index (χ0n) is 11.4. The fourth-order valence-corrected chi connectivity index (χ4v) is 2.30. The normalized spacial score (nSPS) is 16.7. The molecule has 19 heavy (non-hydrogen) atoms. The Kier molecular flexibility index (Phi) is 4.24. The van der Waals surface area contributed by atoms with Gasteiger partial charge in [0, 0.05) is 25.0 Å². The van der Waals surface area contributed by atoms with E-state index in [-0.39, 0.29) is 23.8 Å². The highest BCUT2D eigenvalue weighted by atomic mass is 16.3. The van der Waals surface area contributed by atoms with Crippen molar-refractivity contribution in [2.24, 2.45) is 5.92 Å². The van der Waals surface area contributed by atoms with Crippen LogP contribution < -0.4 is 5.32 Å². The quantitative estimate of drug-likeness (QED) is 0.903. The largest absolute Gasteiger partial charge is 0.459 e. The fraction of sp³-hybridized carbons (Fsp3) is 0.571. The molecule has 0 unspecified atom stereocenters.